The number of imidazole rings is 2. The lowest BCUT2D eigenvalue weighted by Crippen LogP contribution is -2.32. The van der Waals surface area contributed by atoms with Crippen LogP contribution < -0.4 is 11.5 Å². The number of benzene rings is 1. The smallest absolute Gasteiger partial charge is 0.167 e. The van der Waals surface area contributed by atoms with Crippen LogP contribution in [0.5, 0.6) is 0 Å². The molecule has 150 valence electrons. The molecular weight excluding hydrogens is 396 g/mol. The van der Waals surface area contributed by atoms with E-state index >= 15 is 0 Å². The van der Waals surface area contributed by atoms with Gasteiger partial charge < -0.3 is 31.4 Å². The summed E-state index contributed by atoms with van der Waals surface area (Å²) in [6, 6.07) is 5.43. The third-order valence-corrected chi connectivity index (χ3v) is 5.83. The van der Waals surface area contributed by atoms with Gasteiger partial charge >= 0.3 is 0 Å². The molecular formula is C17H18N8O3S. The Morgan fingerprint density at radius 1 is 1.17 bits per heavy atom. The molecule has 12 heteroatoms. The molecule has 4 atom stereocenters. The Kier molecular flexibility index (Phi) is 4.28. The summed E-state index contributed by atoms with van der Waals surface area (Å²) < 4.78 is 7.48. The summed E-state index contributed by atoms with van der Waals surface area (Å²) in [5.74, 6) is 0.618. The molecule has 0 spiro atoms. The van der Waals surface area contributed by atoms with Crippen LogP contribution in [0.15, 0.2) is 36.0 Å². The SMILES string of the molecule is Nc1ccc2nc(SC[C@H]3OC(n4cnc5c(N)ncnc54)[C@H](O)[C@@H]3O)[nH]c2c1. The maximum atomic E-state index is 10.5. The van der Waals surface area contributed by atoms with E-state index < -0.39 is 24.5 Å². The fourth-order valence-electron chi connectivity index (χ4n) is 3.39. The number of hydrogen-bond donors (Lipinski definition) is 5. The van der Waals surface area contributed by atoms with Crippen molar-refractivity contribution in [3.63, 3.8) is 0 Å². The number of nitrogens with one attached hydrogen (secondary N) is 1. The van der Waals surface area contributed by atoms with Crippen LogP contribution >= 0.6 is 11.8 Å². The largest absolute Gasteiger partial charge is 0.399 e. The summed E-state index contributed by atoms with van der Waals surface area (Å²) in [6.45, 7) is 0. The molecule has 4 aromatic rings. The number of nitrogen functional groups attached to an aromatic ring is 2. The van der Waals surface area contributed by atoms with Crippen molar-refractivity contribution in [2.24, 2.45) is 0 Å². The number of nitrogens with two attached hydrogens (primary N) is 2. The number of aromatic nitrogens is 6. The monoisotopic (exact) mass is 414 g/mol. The fraction of sp³-hybridized carbons (Fsp3) is 0.294. The van der Waals surface area contributed by atoms with Crippen molar-refractivity contribution in [2.75, 3.05) is 17.2 Å². The number of nitrogens with zero attached hydrogens (tertiary/aromatic N) is 5. The van der Waals surface area contributed by atoms with Crippen LogP contribution in [0.2, 0.25) is 0 Å². The van der Waals surface area contributed by atoms with Crippen molar-refractivity contribution in [2.45, 2.75) is 29.7 Å². The van der Waals surface area contributed by atoms with Crippen LogP contribution in [-0.2, 0) is 4.74 Å². The van der Waals surface area contributed by atoms with Crippen LogP contribution in [0.3, 0.4) is 0 Å². The van der Waals surface area contributed by atoms with Gasteiger partial charge in [0.25, 0.3) is 0 Å². The minimum absolute atomic E-state index is 0.236. The van der Waals surface area contributed by atoms with Crippen molar-refractivity contribution in [3.05, 3.63) is 30.9 Å². The molecule has 1 fully saturated rings. The number of aliphatic hydroxyl groups excluding tert-OH is 2. The third-order valence-electron chi connectivity index (χ3n) is 4.87. The van der Waals surface area contributed by atoms with Gasteiger partial charge in [0.15, 0.2) is 22.8 Å². The normalized spacial score (nSPS) is 24.6. The molecule has 29 heavy (non-hydrogen) atoms. The first kappa shape index (κ1) is 18.1. The van der Waals surface area contributed by atoms with Gasteiger partial charge in [0.2, 0.25) is 0 Å². The maximum absolute atomic E-state index is 10.5. The maximum Gasteiger partial charge on any atom is 0.167 e. The Hall–Kier alpha value is -2.93. The summed E-state index contributed by atoms with van der Waals surface area (Å²) >= 11 is 1.39. The zero-order valence-electron chi connectivity index (χ0n) is 15.0. The summed E-state index contributed by atoms with van der Waals surface area (Å²) in [5.41, 5.74) is 14.7. The number of rotatable bonds is 4. The van der Waals surface area contributed by atoms with Gasteiger partial charge in [-0.2, -0.15) is 0 Å². The lowest BCUT2D eigenvalue weighted by Gasteiger charge is -2.16. The molecule has 0 amide bonds. The van der Waals surface area contributed by atoms with E-state index in [1.165, 1.54) is 24.4 Å². The van der Waals surface area contributed by atoms with Crippen LogP contribution in [0.25, 0.3) is 22.2 Å². The average molecular weight is 414 g/mol. The number of aliphatic hydroxyl groups is 2. The average Bonchev–Trinajstić information content (AvgIpc) is 3.38. The van der Waals surface area contributed by atoms with Gasteiger partial charge in [-0.25, -0.2) is 19.9 Å². The molecule has 0 aliphatic carbocycles. The van der Waals surface area contributed by atoms with E-state index in [1.54, 1.807) is 10.6 Å². The quantitative estimate of drug-likeness (QED) is 0.230. The summed E-state index contributed by atoms with van der Waals surface area (Å²) in [6.07, 6.45) is -0.904. The van der Waals surface area contributed by atoms with E-state index in [9.17, 15) is 10.2 Å². The van der Waals surface area contributed by atoms with Gasteiger partial charge in [0.1, 0.15) is 24.1 Å². The molecule has 5 rings (SSSR count). The minimum Gasteiger partial charge on any atom is -0.399 e. The lowest BCUT2D eigenvalue weighted by atomic mass is 10.1. The Morgan fingerprint density at radius 3 is 2.90 bits per heavy atom. The van der Waals surface area contributed by atoms with Crippen molar-refractivity contribution < 1.29 is 14.9 Å². The second-order valence-electron chi connectivity index (χ2n) is 6.76. The number of H-pyrrole nitrogens is 1. The van der Waals surface area contributed by atoms with Gasteiger partial charge in [-0.05, 0) is 18.2 Å². The number of ether oxygens (including phenoxy) is 1. The highest BCUT2D eigenvalue weighted by molar-refractivity contribution is 7.99. The first-order valence-corrected chi connectivity index (χ1v) is 9.82. The van der Waals surface area contributed by atoms with Crippen LogP contribution in [-0.4, -0.2) is 63.8 Å². The van der Waals surface area contributed by atoms with E-state index in [1.807, 2.05) is 12.1 Å². The Labute approximate surface area is 168 Å². The van der Waals surface area contributed by atoms with E-state index in [0.717, 1.165) is 11.0 Å². The van der Waals surface area contributed by atoms with Crippen molar-refractivity contribution in [1.29, 1.82) is 0 Å². The van der Waals surface area contributed by atoms with Gasteiger partial charge in [-0.1, -0.05) is 11.8 Å². The van der Waals surface area contributed by atoms with Crippen LogP contribution in [0, 0.1) is 0 Å². The van der Waals surface area contributed by atoms with Gasteiger partial charge in [-0.3, -0.25) is 4.57 Å². The lowest BCUT2D eigenvalue weighted by molar-refractivity contribution is -0.0289. The molecule has 1 unspecified atom stereocenters. The van der Waals surface area contributed by atoms with Crippen molar-refractivity contribution in [1.82, 2.24) is 29.5 Å². The molecule has 0 saturated carbocycles. The predicted octanol–water partition coefficient (Wildman–Crippen LogP) is 0.278. The molecule has 7 N–H and O–H groups in total. The fourth-order valence-corrected chi connectivity index (χ4v) is 4.33. The Balaban J connectivity index is 1.34. The topological polar surface area (TPSA) is 174 Å². The van der Waals surface area contributed by atoms with Gasteiger partial charge in [0.05, 0.1) is 23.5 Å². The molecule has 4 heterocycles. The summed E-state index contributed by atoms with van der Waals surface area (Å²) in [7, 11) is 0. The van der Waals surface area contributed by atoms with E-state index in [-0.39, 0.29) is 5.82 Å². The van der Waals surface area contributed by atoms with Crippen molar-refractivity contribution in [3.8, 4) is 0 Å². The van der Waals surface area contributed by atoms with Crippen molar-refractivity contribution >= 4 is 45.5 Å². The highest BCUT2D eigenvalue weighted by Gasteiger charge is 2.44. The molecule has 1 aliphatic heterocycles. The first-order valence-electron chi connectivity index (χ1n) is 8.84. The number of anilines is 2. The molecule has 0 bridgehead atoms. The zero-order valence-corrected chi connectivity index (χ0v) is 15.8. The molecule has 1 aliphatic rings. The number of fused-ring (bicyclic) bond motifs is 2. The second-order valence-corrected chi connectivity index (χ2v) is 7.77. The summed E-state index contributed by atoms with van der Waals surface area (Å²) in [4.78, 5) is 19.9. The molecule has 11 nitrogen and oxygen atoms in total. The highest BCUT2D eigenvalue weighted by Crippen LogP contribution is 2.34. The highest BCUT2D eigenvalue weighted by atomic mass is 32.2. The Bertz CT molecular complexity index is 1190. The predicted molar refractivity (Wildman–Crippen MR) is 107 cm³/mol. The first-order chi connectivity index (χ1) is 14.0. The molecule has 1 aromatic carbocycles. The van der Waals surface area contributed by atoms with E-state index in [0.29, 0.717) is 27.8 Å². The minimum atomic E-state index is -1.15. The summed E-state index contributed by atoms with van der Waals surface area (Å²) in [5, 5.41) is 21.7. The Morgan fingerprint density at radius 2 is 2.03 bits per heavy atom. The molecule has 1 saturated heterocycles. The zero-order chi connectivity index (χ0) is 20.1. The van der Waals surface area contributed by atoms with E-state index in [2.05, 4.69) is 24.9 Å². The standard InChI is InChI=1S/C17H18N8O3S/c18-7-1-2-8-9(3-7)24-17(23-8)29-4-10-12(26)13(27)16(28-10)25-6-22-11-14(19)20-5-21-15(11)25/h1-3,5-6,10,12-13,16,26-27H,4,18H2,(H,23,24)(H2,19,20,21)/t10-,12-,13-,16?/m1/s1. The second kappa shape index (κ2) is 6.84. The van der Waals surface area contributed by atoms with E-state index in [4.69, 9.17) is 16.2 Å². The number of thioether (sulfide) groups is 1. The van der Waals surface area contributed by atoms with Crippen LogP contribution in [0.4, 0.5) is 11.5 Å². The number of hydrogen-bond acceptors (Lipinski definition) is 10. The molecule has 3 aromatic heterocycles. The van der Waals surface area contributed by atoms with Gasteiger partial charge in [0, 0.05) is 11.4 Å². The molecule has 0 radical (unpaired) electrons. The number of aromatic amines is 1. The third kappa shape index (κ3) is 3.06. The van der Waals surface area contributed by atoms with Crippen LogP contribution in [0.1, 0.15) is 6.23 Å². The van der Waals surface area contributed by atoms with Gasteiger partial charge in [-0.15, -0.1) is 0 Å².